The highest BCUT2D eigenvalue weighted by Gasteiger charge is 2.30. The standard InChI is InChI=1S/C47H81N7O14/c1-44(2,3)31-36(55)34(17-19-39(57)66-45(4,5)6)51-42(60)52-35(41(59)67-46(7,8)9)15-13-14-21-48-38(56)20-23-62-25-27-64-29-30-65-28-26-63-24-22-49-40(58)33-16-18-37(50-32-33)53-54-43(61)68-47(10,11)12/h16,18,32,34-35H,13-15,17,19-31H2,1-12H3,(H,48,56)(H,49,58)(H,50,53)(H,54,61)(H2,51,52,60)/t34-,35-/m0/s1. The van der Waals surface area contributed by atoms with Gasteiger partial charge >= 0.3 is 24.1 Å². The van der Waals surface area contributed by atoms with E-state index in [2.05, 4.69) is 37.1 Å². The molecule has 21 heteroatoms. The van der Waals surface area contributed by atoms with Gasteiger partial charge in [0.25, 0.3) is 5.91 Å². The summed E-state index contributed by atoms with van der Waals surface area (Å²) in [4.78, 5) is 92.5. The molecule has 6 N–H and O–H groups in total. The number of esters is 2. The first-order valence-electron chi connectivity index (χ1n) is 23.2. The number of unbranched alkanes of at least 4 members (excludes halogenated alkanes) is 1. The van der Waals surface area contributed by atoms with Gasteiger partial charge in [0.05, 0.1) is 64.5 Å². The number of ether oxygens (including phenoxy) is 7. The number of anilines is 1. The molecule has 0 aliphatic heterocycles. The van der Waals surface area contributed by atoms with Crippen molar-refractivity contribution in [1.29, 1.82) is 0 Å². The Bertz CT molecular complexity index is 1700. The number of aromatic nitrogens is 1. The molecule has 0 bridgehead atoms. The van der Waals surface area contributed by atoms with Crippen LogP contribution < -0.4 is 32.1 Å². The number of ketones is 1. The molecule has 5 amide bonds. The molecule has 0 unspecified atom stereocenters. The topological polar surface area (TPSA) is 269 Å². The molecule has 0 aliphatic rings. The fraction of sp³-hybridized carbons (Fsp3) is 0.745. The first-order valence-corrected chi connectivity index (χ1v) is 23.2. The van der Waals surface area contributed by atoms with Crippen molar-refractivity contribution in [3.8, 4) is 0 Å². The third-order valence-electron chi connectivity index (χ3n) is 8.53. The maximum atomic E-state index is 13.2. The van der Waals surface area contributed by atoms with E-state index in [4.69, 9.17) is 33.2 Å². The number of urea groups is 1. The third kappa shape index (κ3) is 33.4. The van der Waals surface area contributed by atoms with Crippen LogP contribution in [0.25, 0.3) is 0 Å². The van der Waals surface area contributed by atoms with Crippen molar-refractivity contribution < 1.29 is 66.7 Å². The minimum Gasteiger partial charge on any atom is -0.460 e. The van der Waals surface area contributed by atoms with Crippen LogP contribution >= 0.6 is 0 Å². The Morgan fingerprint density at radius 2 is 1.15 bits per heavy atom. The zero-order valence-corrected chi connectivity index (χ0v) is 42.6. The molecule has 0 fully saturated rings. The van der Waals surface area contributed by atoms with Gasteiger partial charge < -0.3 is 54.4 Å². The van der Waals surface area contributed by atoms with E-state index in [1.54, 1.807) is 74.4 Å². The summed E-state index contributed by atoms with van der Waals surface area (Å²) in [5.74, 6) is -1.56. The van der Waals surface area contributed by atoms with Crippen LogP contribution in [0.2, 0.25) is 0 Å². The first-order chi connectivity index (χ1) is 31.6. The Labute approximate surface area is 402 Å². The highest BCUT2D eigenvalue weighted by atomic mass is 16.6. The average Bonchev–Trinajstić information content (AvgIpc) is 3.19. The van der Waals surface area contributed by atoms with E-state index in [1.165, 1.54) is 6.20 Å². The molecule has 0 aromatic carbocycles. The van der Waals surface area contributed by atoms with E-state index in [0.29, 0.717) is 70.4 Å². The lowest BCUT2D eigenvalue weighted by Crippen LogP contribution is -2.52. The number of Topliss-reactive ketones (excluding diaryl/α,β-unsaturated/α-hetero) is 1. The first kappa shape index (κ1) is 60.9. The lowest BCUT2D eigenvalue weighted by Gasteiger charge is -2.27. The molecule has 21 nitrogen and oxygen atoms in total. The summed E-state index contributed by atoms with van der Waals surface area (Å²) in [6, 6.07) is 0.361. The van der Waals surface area contributed by atoms with Crippen LogP contribution in [0, 0.1) is 5.41 Å². The number of nitrogens with zero attached hydrogens (tertiary/aromatic N) is 1. The second-order valence-corrected chi connectivity index (χ2v) is 20.1. The van der Waals surface area contributed by atoms with Gasteiger partial charge in [-0.3, -0.25) is 24.6 Å². The van der Waals surface area contributed by atoms with Crippen LogP contribution in [0.3, 0.4) is 0 Å². The Hall–Kier alpha value is -5.12. The van der Waals surface area contributed by atoms with E-state index in [9.17, 15) is 33.6 Å². The molecule has 2 atom stereocenters. The molecule has 0 saturated heterocycles. The average molecular weight is 968 g/mol. The fourth-order valence-electron chi connectivity index (χ4n) is 5.67. The van der Waals surface area contributed by atoms with E-state index in [1.807, 2.05) is 20.8 Å². The van der Waals surface area contributed by atoms with Gasteiger partial charge in [-0.05, 0) is 106 Å². The van der Waals surface area contributed by atoms with E-state index in [0.717, 1.165) is 0 Å². The number of rotatable bonds is 31. The van der Waals surface area contributed by atoms with Crippen molar-refractivity contribution in [3.05, 3.63) is 23.9 Å². The number of pyridine rings is 1. The molecule has 0 spiro atoms. The lowest BCUT2D eigenvalue weighted by atomic mass is 9.87. The minimum atomic E-state index is -1.03. The summed E-state index contributed by atoms with van der Waals surface area (Å²) >= 11 is 0. The number of carbonyl (C=O) groups is 7. The van der Waals surface area contributed by atoms with Gasteiger partial charge in [-0.2, -0.15) is 0 Å². The summed E-state index contributed by atoms with van der Waals surface area (Å²) < 4.78 is 38.0. The molecule has 1 rings (SSSR count). The molecular formula is C47H81N7O14. The van der Waals surface area contributed by atoms with Gasteiger partial charge in [-0.1, -0.05) is 20.8 Å². The molecule has 68 heavy (non-hydrogen) atoms. The SMILES string of the molecule is CC(C)(C)CC(=O)[C@H](CCC(=O)OC(C)(C)C)NC(=O)N[C@@H](CCCCNC(=O)CCOCCOCCOCCOCCNC(=O)c1ccc(NNC(=O)OC(C)(C)C)nc1)C(=O)OC(C)(C)C. The minimum absolute atomic E-state index is 0.0341. The maximum Gasteiger partial charge on any atom is 0.426 e. The quantitative estimate of drug-likeness (QED) is 0.0250. The predicted molar refractivity (Wildman–Crippen MR) is 254 cm³/mol. The zero-order chi connectivity index (χ0) is 51.4. The van der Waals surface area contributed by atoms with E-state index < -0.39 is 52.9 Å². The number of hydrogen-bond donors (Lipinski definition) is 6. The summed E-state index contributed by atoms with van der Waals surface area (Å²) in [7, 11) is 0. The molecule has 0 saturated carbocycles. The summed E-state index contributed by atoms with van der Waals surface area (Å²) in [5.41, 5.74) is 2.81. The summed E-state index contributed by atoms with van der Waals surface area (Å²) in [6.45, 7) is 24.5. The molecule has 1 aromatic heterocycles. The van der Waals surface area contributed by atoms with Crippen LogP contribution in [0.4, 0.5) is 15.4 Å². The number of amides is 5. The van der Waals surface area contributed by atoms with Crippen LogP contribution in [0.1, 0.15) is 138 Å². The Morgan fingerprint density at radius 3 is 1.69 bits per heavy atom. The van der Waals surface area contributed by atoms with Crippen LogP contribution in [0.15, 0.2) is 18.3 Å². The van der Waals surface area contributed by atoms with Crippen LogP contribution in [-0.4, -0.2) is 141 Å². The number of hydrogen-bond acceptors (Lipinski definition) is 16. The molecule has 1 heterocycles. The monoisotopic (exact) mass is 968 g/mol. The lowest BCUT2D eigenvalue weighted by molar-refractivity contribution is -0.157. The predicted octanol–water partition coefficient (Wildman–Crippen LogP) is 4.91. The van der Waals surface area contributed by atoms with Gasteiger partial charge in [0.2, 0.25) is 5.91 Å². The van der Waals surface area contributed by atoms with Crippen LogP contribution in [0.5, 0.6) is 0 Å². The Morgan fingerprint density at radius 1 is 0.588 bits per heavy atom. The van der Waals surface area contributed by atoms with Crippen molar-refractivity contribution in [3.63, 3.8) is 0 Å². The normalized spacial score (nSPS) is 12.8. The van der Waals surface area contributed by atoms with Crippen molar-refractivity contribution in [1.82, 2.24) is 31.7 Å². The number of carbonyl (C=O) groups excluding carboxylic acids is 7. The summed E-state index contributed by atoms with van der Waals surface area (Å²) in [6.07, 6.45) is 2.18. The molecule has 0 aliphatic carbocycles. The van der Waals surface area contributed by atoms with Crippen molar-refractivity contribution in [2.75, 3.05) is 71.4 Å². The maximum absolute atomic E-state index is 13.2. The van der Waals surface area contributed by atoms with Gasteiger partial charge in [-0.15, -0.1) is 0 Å². The highest BCUT2D eigenvalue weighted by molar-refractivity contribution is 5.94. The van der Waals surface area contributed by atoms with Gasteiger partial charge in [-0.25, -0.2) is 24.8 Å². The highest BCUT2D eigenvalue weighted by Crippen LogP contribution is 2.21. The fourth-order valence-corrected chi connectivity index (χ4v) is 5.67. The van der Waals surface area contributed by atoms with Gasteiger partial charge in [0.1, 0.15) is 28.7 Å². The third-order valence-corrected chi connectivity index (χ3v) is 8.53. The summed E-state index contributed by atoms with van der Waals surface area (Å²) in [5, 5.41) is 10.9. The molecule has 1 aromatic rings. The largest absolute Gasteiger partial charge is 0.460 e. The molecule has 0 radical (unpaired) electrons. The Balaban J connectivity index is 2.25. The molecular weight excluding hydrogens is 887 g/mol. The second-order valence-electron chi connectivity index (χ2n) is 20.1. The van der Waals surface area contributed by atoms with Gasteiger partial charge in [0.15, 0.2) is 5.78 Å². The second kappa shape index (κ2) is 31.1. The van der Waals surface area contributed by atoms with Crippen LogP contribution in [-0.2, 0) is 52.3 Å². The zero-order valence-electron chi connectivity index (χ0n) is 42.6. The smallest absolute Gasteiger partial charge is 0.426 e. The van der Waals surface area contributed by atoms with Crippen molar-refractivity contribution >= 4 is 47.5 Å². The van der Waals surface area contributed by atoms with Gasteiger partial charge in [0, 0.05) is 38.5 Å². The Kier molecular flexibility index (Phi) is 27.8. The van der Waals surface area contributed by atoms with E-state index in [-0.39, 0.29) is 74.9 Å². The number of hydrazine groups is 1. The van der Waals surface area contributed by atoms with Crippen molar-refractivity contribution in [2.24, 2.45) is 5.41 Å². The number of nitrogens with one attached hydrogen (secondary N) is 6. The van der Waals surface area contributed by atoms with Crippen molar-refractivity contribution in [2.45, 2.75) is 157 Å². The van der Waals surface area contributed by atoms with E-state index >= 15 is 0 Å². The molecule has 388 valence electrons.